The van der Waals surface area contributed by atoms with Crippen molar-refractivity contribution in [1.29, 1.82) is 0 Å². The molecule has 0 spiro atoms. The van der Waals surface area contributed by atoms with E-state index >= 15 is 0 Å². The van der Waals surface area contributed by atoms with Crippen LogP contribution in [0.25, 0.3) is 22.4 Å². The van der Waals surface area contributed by atoms with Crippen LogP contribution in [0.3, 0.4) is 0 Å². The van der Waals surface area contributed by atoms with Crippen molar-refractivity contribution < 1.29 is 9.47 Å². The van der Waals surface area contributed by atoms with Crippen LogP contribution in [0, 0.1) is 0 Å². The Morgan fingerprint density at radius 2 is 2.07 bits per heavy atom. The Hall–Kier alpha value is -3.81. The van der Waals surface area contributed by atoms with Gasteiger partial charge in [0.15, 0.2) is 11.6 Å². The van der Waals surface area contributed by atoms with Gasteiger partial charge >= 0.3 is 0 Å². The van der Waals surface area contributed by atoms with Crippen LogP contribution in [-0.4, -0.2) is 40.4 Å². The van der Waals surface area contributed by atoms with Gasteiger partial charge in [-0.05, 0) is 30.3 Å². The summed E-state index contributed by atoms with van der Waals surface area (Å²) in [6.45, 7) is 1.17. The number of benzene rings is 2. The average molecular weight is 374 g/mol. The summed E-state index contributed by atoms with van der Waals surface area (Å²) in [7, 11) is 1.64. The van der Waals surface area contributed by atoms with Crippen molar-refractivity contribution in [2.75, 3.05) is 30.9 Å². The van der Waals surface area contributed by atoms with E-state index < -0.39 is 0 Å². The van der Waals surface area contributed by atoms with Gasteiger partial charge in [-0.25, -0.2) is 9.97 Å². The molecule has 3 N–H and O–H groups in total. The summed E-state index contributed by atoms with van der Waals surface area (Å²) in [5.74, 6) is 2.77. The number of anilines is 3. The molecule has 2 aromatic carbocycles. The van der Waals surface area contributed by atoms with E-state index in [1.54, 1.807) is 13.3 Å². The molecule has 4 aromatic rings. The summed E-state index contributed by atoms with van der Waals surface area (Å²) in [4.78, 5) is 11.6. The molecule has 0 bridgehead atoms. The molecule has 1 aliphatic rings. The monoisotopic (exact) mass is 374 g/mol. The summed E-state index contributed by atoms with van der Waals surface area (Å²) < 4.78 is 11.3. The molecule has 0 aliphatic carbocycles. The summed E-state index contributed by atoms with van der Waals surface area (Å²) in [6.07, 6.45) is 1.69. The van der Waals surface area contributed by atoms with E-state index in [-0.39, 0.29) is 0 Å². The van der Waals surface area contributed by atoms with Crippen LogP contribution in [0.2, 0.25) is 0 Å². The second-order valence-corrected chi connectivity index (χ2v) is 6.43. The van der Waals surface area contributed by atoms with E-state index in [9.17, 15) is 0 Å². The van der Waals surface area contributed by atoms with Crippen LogP contribution in [0.1, 0.15) is 0 Å². The first-order chi connectivity index (χ1) is 13.7. The standard InChI is InChI=1S/C20H18N6O2/c1-27-16-5-3-2-4-13(16)19-23-14-11-22-25-18(14)20(24-19)26-8-9-28-17-7-6-12(21)10-15(17)26/h2-7,10-11H,8-9,21H2,1H3,(H,22,25). The second-order valence-electron chi connectivity index (χ2n) is 6.43. The Labute approximate surface area is 160 Å². The van der Waals surface area contributed by atoms with E-state index in [0.717, 1.165) is 33.9 Å². The number of aromatic nitrogens is 4. The molecular formula is C20H18N6O2. The molecule has 2 aromatic heterocycles. The molecule has 28 heavy (non-hydrogen) atoms. The predicted octanol–water partition coefficient (Wildman–Crippen LogP) is 3.14. The van der Waals surface area contributed by atoms with Gasteiger partial charge in [-0.15, -0.1) is 0 Å². The minimum absolute atomic E-state index is 0.542. The minimum atomic E-state index is 0.542. The van der Waals surface area contributed by atoms with E-state index in [0.29, 0.717) is 30.4 Å². The van der Waals surface area contributed by atoms with Gasteiger partial charge in [-0.2, -0.15) is 5.10 Å². The molecule has 1 aliphatic heterocycles. The molecule has 5 rings (SSSR count). The Kier molecular flexibility index (Phi) is 3.75. The first-order valence-corrected chi connectivity index (χ1v) is 8.89. The third-order valence-electron chi connectivity index (χ3n) is 4.73. The highest BCUT2D eigenvalue weighted by Crippen LogP contribution is 2.40. The van der Waals surface area contributed by atoms with Gasteiger partial charge < -0.3 is 20.1 Å². The van der Waals surface area contributed by atoms with Gasteiger partial charge in [0.1, 0.15) is 29.1 Å². The number of ether oxygens (including phenoxy) is 2. The van der Waals surface area contributed by atoms with Gasteiger partial charge in [-0.3, -0.25) is 5.10 Å². The van der Waals surface area contributed by atoms with Crippen LogP contribution in [0.5, 0.6) is 11.5 Å². The van der Waals surface area contributed by atoms with Crippen LogP contribution < -0.4 is 20.1 Å². The lowest BCUT2D eigenvalue weighted by molar-refractivity contribution is 0.314. The number of hydrogen-bond donors (Lipinski definition) is 2. The number of hydrogen-bond acceptors (Lipinski definition) is 7. The first-order valence-electron chi connectivity index (χ1n) is 8.89. The van der Waals surface area contributed by atoms with E-state index in [1.807, 2.05) is 42.5 Å². The number of para-hydroxylation sites is 1. The molecule has 3 heterocycles. The zero-order valence-corrected chi connectivity index (χ0v) is 15.2. The van der Waals surface area contributed by atoms with E-state index in [2.05, 4.69) is 20.1 Å². The maximum atomic E-state index is 6.02. The molecule has 8 nitrogen and oxygen atoms in total. The molecule has 0 unspecified atom stereocenters. The van der Waals surface area contributed by atoms with Crippen molar-refractivity contribution in [3.63, 3.8) is 0 Å². The normalized spacial score (nSPS) is 13.2. The van der Waals surface area contributed by atoms with Gasteiger partial charge in [0.2, 0.25) is 0 Å². The zero-order chi connectivity index (χ0) is 19.1. The predicted molar refractivity (Wildman–Crippen MR) is 107 cm³/mol. The molecule has 0 saturated carbocycles. The fourth-order valence-corrected chi connectivity index (χ4v) is 3.42. The smallest absolute Gasteiger partial charge is 0.166 e. The van der Waals surface area contributed by atoms with Gasteiger partial charge in [0.05, 0.1) is 31.1 Å². The van der Waals surface area contributed by atoms with Gasteiger partial charge in [0, 0.05) is 5.69 Å². The molecule has 8 heteroatoms. The molecular weight excluding hydrogens is 356 g/mol. The van der Waals surface area contributed by atoms with Crippen molar-refractivity contribution in [1.82, 2.24) is 20.2 Å². The maximum absolute atomic E-state index is 6.02. The molecule has 0 saturated heterocycles. The van der Waals surface area contributed by atoms with E-state index in [1.165, 1.54) is 0 Å². The third kappa shape index (κ3) is 2.58. The number of rotatable bonds is 3. The summed E-state index contributed by atoms with van der Waals surface area (Å²) in [6, 6.07) is 13.3. The second kappa shape index (κ2) is 6.41. The lowest BCUT2D eigenvalue weighted by Crippen LogP contribution is -2.29. The molecule has 0 atom stereocenters. The van der Waals surface area contributed by atoms with Crippen LogP contribution in [-0.2, 0) is 0 Å². The molecule has 140 valence electrons. The lowest BCUT2D eigenvalue weighted by Gasteiger charge is -2.31. The number of fused-ring (bicyclic) bond motifs is 2. The highest BCUT2D eigenvalue weighted by Gasteiger charge is 2.25. The summed E-state index contributed by atoms with van der Waals surface area (Å²) in [5, 5.41) is 7.18. The van der Waals surface area contributed by atoms with E-state index in [4.69, 9.17) is 20.2 Å². The molecule has 0 amide bonds. The Balaban J connectivity index is 1.73. The quantitative estimate of drug-likeness (QED) is 0.531. The van der Waals surface area contributed by atoms with Crippen molar-refractivity contribution in [3.05, 3.63) is 48.7 Å². The first kappa shape index (κ1) is 16.4. The summed E-state index contributed by atoms with van der Waals surface area (Å²) in [5.41, 5.74) is 9.85. The topological polar surface area (TPSA) is 102 Å². The summed E-state index contributed by atoms with van der Waals surface area (Å²) >= 11 is 0. The van der Waals surface area contributed by atoms with Crippen molar-refractivity contribution >= 4 is 28.2 Å². The highest BCUT2D eigenvalue weighted by atomic mass is 16.5. The maximum Gasteiger partial charge on any atom is 0.166 e. The van der Waals surface area contributed by atoms with Crippen molar-refractivity contribution in [3.8, 4) is 22.9 Å². The number of H-pyrrole nitrogens is 1. The molecule has 0 radical (unpaired) electrons. The average Bonchev–Trinajstić information content (AvgIpc) is 3.21. The number of nitrogens with two attached hydrogens (primary N) is 1. The largest absolute Gasteiger partial charge is 0.496 e. The SMILES string of the molecule is COc1ccccc1-c1nc(N2CCOc3ccc(N)cc32)c2[nH]ncc2n1. The fourth-order valence-electron chi connectivity index (χ4n) is 3.42. The lowest BCUT2D eigenvalue weighted by atomic mass is 10.1. The van der Waals surface area contributed by atoms with Crippen LogP contribution >= 0.6 is 0 Å². The van der Waals surface area contributed by atoms with Gasteiger partial charge in [-0.1, -0.05) is 12.1 Å². The highest BCUT2D eigenvalue weighted by molar-refractivity contribution is 5.91. The number of methoxy groups -OCH3 is 1. The van der Waals surface area contributed by atoms with Crippen LogP contribution in [0.4, 0.5) is 17.2 Å². The number of nitrogen functional groups attached to an aromatic ring is 1. The number of aromatic amines is 1. The Morgan fingerprint density at radius 1 is 1.18 bits per heavy atom. The Bertz CT molecular complexity index is 1170. The fraction of sp³-hybridized carbons (Fsp3) is 0.150. The number of nitrogens with one attached hydrogen (secondary N) is 1. The van der Waals surface area contributed by atoms with Crippen molar-refractivity contribution in [2.45, 2.75) is 0 Å². The van der Waals surface area contributed by atoms with Crippen LogP contribution in [0.15, 0.2) is 48.7 Å². The minimum Gasteiger partial charge on any atom is -0.496 e. The van der Waals surface area contributed by atoms with Gasteiger partial charge in [0.25, 0.3) is 0 Å². The zero-order valence-electron chi connectivity index (χ0n) is 15.2. The molecule has 0 fully saturated rings. The van der Waals surface area contributed by atoms with Crippen molar-refractivity contribution in [2.24, 2.45) is 0 Å². The Morgan fingerprint density at radius 3 is 2.96 bits per heavy atom. The number of nitrogens with zero attached hydrogens (tertiary/aromatic N) is 4. The third-order valence-corrected chi connectivity index (χ3v) is 4.73.